The van der Waals surface area contributed by atoms with Gasteiger partial charge in [-0.2, -0.15) is 10.2 Å². The molecule has 34 heavy (non-hydrogen) atoms. The summed E-state index contributed by atoms with van der Waals surface area (Å²) in [4.78, 5) is 17.4. The van der Waals surface area contributed by atoms with Gasteiger partial charge in [0, 0.05) is 23.5 Å². The van der Waals surface area contributed by atoms with Crippen molar-refractivity contribution >= 4 is 17.8 Å². The molecule has 0 fully saturated rings. The molecule has 0 radical (unpaired) electrons. The van der Waals surface area contributed by atoms with Crippen LogP contribution in [0.4, 0.5) is 0 Å². The van der Waals surface area contributed by atoms with Crippen LogP contribution < -0.4 is 5.43 Å². The molecule has 7 nitrogen and oxygen atoms in total. The molecule has 7 heteroatoms. The first-order valence-electron chi connectivity index (χ1n) is 11.0. The van der Waals surface area contributed by atoms with Gasteiger partial charge < -0.3 is 0 Å². The number of imidazole rings is 1. The van der Waals surface area contributed by atoms with Crippen LogP contribution in [-0.4, -0.2) is 31.3 Å². The first kappa shape index (κ1) is 21.3. The molecule has 5 rings (SSSR count). The fourth-order valence-corrected chi connectivity index (χ4v) is 3.88. The molecule has 3 aromatic heterocycles. The minimum atomic E-state index is -0.322. The van der Waals surface area contributed by atoms with Crippen molar-refractivity contribution in [2.45, 2.75) is 20.8 Å². The normalized spacial score (nSPS) is 11.4. The molecule has 0 atom stereocenters. The van der Waals surface area contributed by atoms with E-state index in [2.05, 4.69) is 27.6 Å². The third-order valence-corrected chi connectivity index (χ3v) is 5.63. The van der Waals surface area contributed by atoms with Gasteiger partial charge in [0.05, 0.1) is 17.6 Å². The molecule has 3 heterocycles. The molecule has 0 aliphatic rings. The fraction of sp³-hybridized carbons (Fsp3) is 0.111. The van der Waals surface area contributed by atoms with E-state index in [9.17, 15) is 4.79 Å². The Morgan fingerprint density at radius 2 is 1.74 bits per heavy atom. The summed E-state index contributed by atoms with van der Waals surface area (Å²) in [5.74, 6) is -0.322. The van der Waals surface area contributed by atoms with E-state index in [4.69, 9.17) is 5.10 Å². The van der Waals surface area contributed by atoms with E-state index < -0.39 is 0 Å². The lowest BCUT2D eigenvalue weighted by atomic mass is 10.1. The van der Waals surface area contributed by atoms with Crippen molar-refractivity contribution in [3.05, 3.63) is 107 Å². The summed E-state index contributed by atoms with van der Waals surface area (Å²) in [6.45, 7) is 5.86. The van der Waals surface area contributed by atoms with E-state index in [1.807, 2.05) is 92.4 Å². The highest BCUT2D eigenvalue weighted by atomic mass is 16.2. The highest BCUT2D eigenvalue weighted by molar-refractivity contribution is 5.96. The van der Waals surface area contributed by atoms with E-state index in [1.54, 1.807) is 10.6 Å². The van der Waals surface area contributed by atoms with Gasteiger partial charge >= 0.3 is 0 Å². The molecule has 0 aliphatic heterocycles. The van der Waals surface area contributed by atoms with Gasteiger partial charge in [-0.25, -0.2) is 15.1 Å². The lowest BCUT2D eigenvalue weighted by molar-refractivity contribution is 0.0948. The Hall–Kier alpha value is -4.52. The van der Waals surface area contributed by atoms with Gasteiger partial charge in [0.25, 0.3) is 5.91 Å². The summed E-state index contributed by atoms with van der Waals surface area (Å²) in [5, 5.41) is 9.04. The highest BCUT2D eigenvalue weighted by Gasteiger charge is 2.16. The number of nitrogens with one attached hydrogen (secondary N) is 1. The predicted molar refractivity (Wildman–Crippen MR) is 133 cm³/mol. The van der Waals surface area contributed by atoms with Crippen LogP contribution in [0.25, 0.3) is 22.6 Å². The number of rotatable bonds is 5. The van der Waals surface area contributed by atoms with Gasteiger partial charge in [-0.05, 0) is 50.6 Å². The largest absolute Gasteiger partial charge is 0.295 e. The quantitative estimate of drug-likeness (QED) is 0.308. The van der Waals surface area contributed by atoms with Crippen LogP contribution in [0, 0.1) is 20.8 Å². The Labute approximate surface area is 197 Å². The molecule has 0 spiro atoms. The number of hydrogen-bond donors (Lipinski definition) is 1. The smallest absolute Gasteiger partial charge is 0.290 e. The maximum absolute atomic E-state index is 12.9. The van der Waals surface area contributed by atoms with Crippen LogP contribution in [0.5, 0.6) is 0 Å². The molecule has 2 aromatic carbocycles. The fourth-order valence-electron chi connectivity index (χ4n) is 3.88. The number of fused-ring (bicyclic) bond motifs is 1. The van der Waals surface area contributed by atoms with Gasteiger partial charge in [0.2, 0.25) is 0 Å². The molecule has 168 valence electrons. The highest BCUT2D eigenvalue weighted by Crippen LogP contribution is 2.23. The number of pyridine rings is 1. The number of para-hydroxylation sites is 1. The van der Waals surface area contributed by atoms with Crippen molar-refractivity contribution < 1.29 is 4.79 Å². The van der Waals surface area contributed by atoms with Gasteiger partial charge in [-0.1, -0.05) is 48.0 Å². The van der Waals surface area contributed by atoms with Gasteiger partial charge in [0.15, 0.2) is 0 Å². The number of hydrogen-bond acceptors (Lipinski definition) is 4. The molecular weight excluding hydrogens is 424 g/mol. The SMILES string of the molecule is Cc1ccc(-c2nn(-c3ccccc3)cc2/C=N\NC(=O)c2c(C)nc3cc(C)ccn23)cc1. The third kappa shape index (κ3) is 4.11. The second-order valence-corrected chi connectivity index (χ2v) is 8.26. The Balaban J connectivity index is 1.46. The number of aryl methyl sites for hydroxylation is 3. The number of carbonyl (C=O) groups excluding carboxylic acids is 1. The summed E-state index contributed by atoms with van der Waals surface area (Å²) in [6, 6.07) is 21.9. The van der Waals surface area contributed by atoms with Crippen LogP contribution in [0.3, 0.4) is 0 Å². The van der Waals surface area contributed by atoms with Crippen molar-refractivity contribution in [3.8, 4) is 16.9 Å². The van der Waals surface area contributed by atoms with Crippen LogP contribution in [-0.2, 0) is 0 Å². The van der Waals surface area contributed by atoms with Crippen LogP contribution >= 0.6 is 0 Å². The number of amides is 1. The Bertz CT molecular complexity index is 1510. The number of nitrogens with zero attached hydrogens (tertiary/aromatic N) is 5. The van der Waals surface area contributed by atoms with E-state index in [0.717, 1.165) is 33.7 Å². The van der Waals surface area contributed by atoms with Crippen LogP contribution in [0.1, 0.15) is 32.9 Å². The number of hydrazone groups is 1. The minimum Gasteiger partial charge on any atom is -0.295 e. The summed E-state index contributed by atoms with van der Waals surface area (Å²) < 4.78 is 3.59. The zero-order valence-electron chi connectivity index (χ0n) is 19.2. The second kappa shape index (κ2) is 8.78. The Morgan fingerprint density at radius 1 is 0.971 bits per heavy atom. The van der Waals surface area contributed by atoms with Crippen molar-refractivity contribution in [2.24, 2.45) is 5.10 Å². The summed E-state index contributed by atoms with van der Waals surface area (Å²) >= 11 is 0. The monoisotopic (exact) mass is 448 g/mol. The lowest BCUT2D eigenvalue weighted by Gasteiger charge is -2.02. The van der Waals surface area contributed by atoms with Gasteiger partial charge in [0.1, 0.15) is 17.0 Å². The number of benzene rings is 2. The zero-order chi connectivity index (χ0) is 23.7. The molecule has 0 saturated carbocycles. The molecule has 0 aliphatic carbocycles. The molecule has 5 aromatic rings. The maximum atomic E-state index is 12.9. The topological polar surface area (TPSA) is 76.6 Å². The molecule has 1 amide bonds. The van der Waals surface area contributed by atoms with Crippen LogP contribution in [0.15, 0.2) is 84.2 Å². The first-order valence-corrected chi connectivity index (χ1v) is 11.0. The van der Waals surface area contributed by atoms with Crippen molar-refractivity contribution in [3.63, 3.8) is 0 Å². The average Bonchev–Trinajstić information content (AvgIpc) is 3.40. The number of carbonyl (C=O) groups is 1. The summed E-state index contributed by atoms with van der Waals surface area (Å²) in [5.41, 5.74) is 10.2. The second-order valence-electron chi connectivity index (χ2n) is 8.26. The Morgan fingerprint density at radius 3 is 2.50 bits per heavy atom. The first-order chi connectivity index (χ1) is 16.5. The van der Waals surface area contributed by atoms with E-state index in [-0.39, 0.29) is 5.91 Å². The molecule has 1 N–H and O–H groups in total. The summed E-state index contributed by atoms with van der Waals surface area (Å²) in [7, 11) is 0. The molecule has 0 bridgehead atoms. The summed E-state index contributed by atoms with van der Waals surface area (Å²) in [6.07, 6.45) is 5.38. The van der Waals surface area contributed by atoms with Crippen molar-refractivity contribution in [2.75, 3.05) is 0 Å². The third-order valence-electron chi connectivity index (χ3n) is 5.63. The predicted octanol–water partition coefficient (Wildman–Crippen LogP) is 4.88. The van der Waals surface area contributed by atoms with Crippen LogP contribution in [0.2, 0.25) is 0 Å². The van der Waals surface area contributed by atoms with E-state index >= 15 is 0 Å². The lowest BCUT2D eigenvalue weighted by Crippen LogP contribution is -2.20. The molecular formula is C27H24N6O. The number of aromatic nitrogens is 4. The van der Waals surface area contributed by atoms with Gasteiger partial charge in [-0.15, -0.1) is 0 Å². The molecule has 0 saturated heterocycles. The van der Waals surface area contributed by atoms with Crippen molar-refractivity contribution in [1.29, 1.82) is 0 Å². The maximum Gasteiger partial charge on any atom is 0.290 e. The minimum absolute atomic E-state index is 0.322. The standard InChI is InChI=1S/C27H24N6O/c1-18-9-11-21(12-10-18)25-22(17-33(31-25)23-7-5-4-6-8-23)16-28-30-27(34)26-20(3)29-24-15-19(2)13-14-32(24)26/h4-17H,1-3H3,(H,30,34)/b28-16-. The zero-order valence-corrected chi connectivity index (χ0v) is 19.2. The average molecular weight is 449 g/mol. The van der Waals surface area contributed by atoms with E-state index in [0.29, 0.717) is 11.4 Å². The molecule has 0 unspecified atom stereocenters. The van der Waals surface area contributed by atoms with Gasteiger partial charge in [-0.3, -0.25) is 9.20 Å². The van der Waals surface area contributed by atoms with E-state index in [1.165, 1.54) is 5.56 Å². The Kier molecular flexibility index (Phi) is 5.51. The van der Waals surface area contributed by atoms with Crippen molar-refractivity contribution in [1.82, 2.24) is 24.6 Å².